The lowest BCUT2D eigenvalue weighted by Gasteiger charge is -2.32. The van der Waals surface area contributed by atoms with Crippen LogP contribution in [-0.4, -0.2) is 37.8 Å². The molecule has 1 saturated heterocycles. The number of piperidine rings is 1. The first-order valence-corrected chi connectivity index (χ1v) is 7.05. The molecule has 0 atom stereocenters. The Hall–Kier alpha value is -1.43. The van der Waals surface area contributed by atoms with Gasteiger partial charge in [0.25, 0.3) is 0 Å². The molecule has 0 saturated carbocycles. The van der Waals surface area contributed by atoms with Gasteiger partial charge in [0, 0.05) is 13.1 Å². The fourth-order valence-corrected chi connectivity index (χ4v) is 2.45. The van der Waals surface area contributed by atoms with Gasteiger partial charge in [-0.05, 0) is 44.0 Å². The fourth-order valence-electron chi connectivity index (χ4n) is 2.45. The second-order valence-electron chi connectivity index (χ2n) is 4.97. The smallest absolute Gasteiger partial charge is 0.387 e. The lowest BCUT2D eigenvalue weighted by molar-refractivity contribution is -0.0500. The van der Waals surface area contributed by atoms with E-state index >= 15 is 0 Å². The molecule has 0 aromatic carbocycles. The number of ether oxygens (including phenoxy) is 1. The van der Waals surface area contributed by atoms with Crippen LogP contribution in [0.4, 0.5) is 14.6 Å². The summed E-state index contributed by atoms with van der Waals surface area (Å²) in [4.78, 5) is 6.38. The van der Waals surface area contributed by atoms with Crippen molar-refractivity contribution in [1.29, 1.82) is 0 Å². The molecule has 4 nitrogen and oxygen atoms in total. The van der Waals surface area contributed by atoms with Gasteiger partial charge in [0.2, 0.25) is 0 Å². The monoisotopic (exact) mass is 285 g/mol. The van der Waals surface area contributed by atoms with E-state index in [1.165, 1.54) is 6.20 Å². The maximum atomic E-state index is 12.1. The van der Waals surface area contributed by atoms with Crippen LogP contribution in [0.15, 0.2) is 18.3 Å². The third kappa shape index (κ3) is 4.30. The summed E-state index contributed by atoms with van der Waals surface area (Å²) < 4.78 is 28.4. The number of pyridine rings is 1. The molecular formula is C14H21F2N3O. The van der Waals surface area contributed by atoms with Crippen LogP contribution in [0, 0.1) is 5.92 Å². The third-order valence-electron chi connectivity index (χ3n) is 3.57. The van der Waals surface area contributed by atoms with Gasteiger partial charge in [-0.15, -0.1) is 0 Å². The van der Waals surface area contributed by atoms with Crippen molar-refractivity contribution in [3.63, 3.8) is 0 Å². The summed E-state index contributed by atoms with van der Waals surface area (Å²) in [5.41, 5.74) is 0. The highest BCUT2D eigenvalue weighted by molar-refractivity contribution is 5.41. The van der Waals surface area contributed by atoms with Gasteiger partial charge in [-0.25, -0.2) is 4.98 Å². The van der Waals surface area contributed by atoms with Gasteiger partial charge in [0.15, 0.2) is 0 Å². The van der Waals surface area contributed by atoms with Crippen LogP contribution in [0.25, 0.3) is 0 Å². The van der Waals surface area contributed by atoms with Crippen LogP contribution in [0.3, 0.4) is 0 Å². The number of halogens is 2. The van der Waals surface area contributed by atoms with E-state index in [0.717, 1.165) is 44.8 Å². The molecule has 0 radical (unpaired) electrons. The van der Waals surface area contributed by atoms with Crippen LogP contribution >= 0.6 is 0 Å². The lowest BCUT2D eigenvalue weighted by Crippen LogP contribution is -2.37. The number of aromatic nitrogens is 1. The Morgan fingerprint density at radius 1 is 1.40 bits per heavy atom. The molecule has 6 heteroatoms. The van der Waals surface area contributed by atoms with E-state index in [-0.39, 0.29) is 5.75 Å². The molecule has 0 unspecified atom stereocenters. The number of alkyl halides is 2. The van der Waals surface area contributed by atoms with Gasteiger partial charge in [0.1, 0.15) is 11.6 Å². The molecule has 2 heterocycles. The van der Waals surface area contributed by atoms with Crippen molar-refractivity contribution >= 4 is 5.82 Å². The minimum Gasteiger partial charge on any atom is -0.433 e. The predicted octanol–water partition coefficient (Wildman–Crippen LogP) is 2.51. The van der Waals surface area contributed by atoms with Crippen molar-refractivity contribution in [3.8, 4) is 5.75 Å². The third-order valence-corrected chi connectivity index (χ3v) is 3.57. The summed E-state index contributed by atoms with van der Waals surface area (Å²) in [6, 6.07) is 3.28. The summed E-state index contributed by atoms with van der Waals surface area (Å²) in [5, 5.41) is 3.38. The number of anilines is 1. The zero-order chi connectivity index (χ0) is 14.4. The van der Waals surface area contributed by atoms with Crippen LogP contribution in [0.2, 0.25) is 0 Å². The highest BCUT2D eigenvalue weighted by atomic mass is 19.3. The number of rotatable bonds is 6. The molecule has 20 heavy (non-hydrogen) atoms. The van der Waals surface area contributed by atoms with Gasteiger partial charge in [-0.1, -0.05) is 6.92 Å². The highest BCUT2D eigenvalue weighted by Gasteiger charge is 2.19. The number of nitrogens with zero attached hydrogens (tertiary/aromatic N) is 2. The summed E-state index contributed by atoms with van der Waals surface area (Å²) in [6.07, 6.45) is 3.61. The van der Waals surface area contributed by atoms with Crippen LogP contribution in [0.1, 0.15) is 19.8 Å². The fraction of sp³-hybridized carbons (Fsp3) is 0.643. The Balaban J connectivity index is 1.84. The zero-order valence-electron chi connectivity index (χ0n) is 11.7. The summed E-state index contributed by atoms with van der Waals surface area (Å²) in [6.45, 7) is 3.30. The normalized spacial score (nSPS) is 16.7. The van der Waals surface area contributed by atoms with Crippen LogP contribution in [-0.2, 0) is 0 Å². The molecule has 2 rings (SSSR count). The Bertz CT molecular complexity index is 392. The van der Waals surface area contributed by atoms with E-state index in [0.29, 0.717) is 5.92 Å². The Kier molecular flexibility index (Phi) is 5.52. The van der Waals surface area contributed by atoms with E-state index in [9.17, 15) is 8.78 Å². The molecule has 1 fully saturated rings. The molecule has 0 spiro atoms. The number of hydrogen-bond donors (Lipinski definition) is 1. The van der Waals surface area contributed by atoms with E-state index in [4.69, 9.17) is 0 Å². The largest absolute Gasteiger partial charge is 0.433 e. The zero-order valence-corrected chi connectivity index (χ0v) is 11.7. The lowest BCUT2D eigenvalue weighted by atomic mass is 9.97. The van der Waals surface area contributed by atoms with E-state index in [1.54, 1.807) is 12.1 Å². The topological polar surface area (TPSA) is 37.4 Å². The second kappa shape index (κ2) is 7.38. The summed E-state index contributed by atoms with van der Waals surface area (Å²) in [7, 11) is 0. The number of hydrogen-bond acceptors (Lipinski definition) is 4. The minimum absolute atomic E-state index is 0.103. The average molecular weight is 285 g/mol. The summed E-state index contributed by atoms with van der Waals surface area (Å²) in [5.74, 6) is 1.65. The van der Waals surface area contributed by atoms with Gasteiger partial charge < -0.3 is 15.0 Å². The van der Waals surface area contributed by atoms with Crippen LogP contribution < -0.4 is 15.0 Å². The van der Waals surface area contributed by atoms with Crippen molar-refractivity contribution in [3.05, 3.63) is 18.3 Å². The Morgan fingerprint density at radius 3 is 2.70 bits per heavy atom. The molecule has 1 aromatic rings. The standard InChI is InChI=1S/C14H21F2N3O/c1-2-17-9-11-5-7-19(8-6-11)13-4-3-12(10-18-13)20-14(15)16/h3-4,10-11,14,17H,2,5-9H2,1H3. The predicted molar refractivity (Wildman–Crippen MR) is 74.3 cm³/mol. The first-order chi connectivity index (χ1) is 9.69. The molecule has 112 valence electrons. The molecule has 1 aliphatic heterocycles. The van der Waals surface area contributed by atoms with Crippen molar-refractivity contribution in [1.82, 2.24) is 10.3 Å². The molecule has 1 N–H and O–H groups in total. The SMILES string of the molecule is CCNCC1CCN(c2ccc(OC(F)F)cn2)CC1. The second-order valence-corrected chi connectivity index (χ2v) is 4.97. The molecule has 1 aromatic heterocycles. The van der Waals surface area contributed by atoms with Gasteiger partial charge >= 0.3 is 6.61 Å². The van der Waals surface area contributed by atoms with Gasteiger partial charge in [-0.2, -0.15) is 8.78 Å². The number of nitrogens with one attached hydrogen (secondary N) is 1. The van der Waals surface area contributed by atoms with E-state index in [1.807, 2.05) is 0 Å². The van der Waals surface area contributed by atoms with Crippen molar-refractivity contribution in [2.45, 2.75) is 26.4 Å². The Labute approximate surface area is 118 Å². The average Bonchev–Trinajstić information content (AvgIpc) is 2.46. The first kappa shape index (κ1) is 15.0. The molecular weight excluding hydrogens is 264 g/mol. The van der Waals surface area contributed by atoms with Gasteiger partial charge in [0.05, 0.1) is 6.20 Å². The quantitative estimate of drug-likeness (QED) is 0.871. The Morgan fingerprint density at radius 2 is 2.15 bits per heavy atom. The molecule has 0 bridgehead atoms. The van der Waals surface area contributed by atoms with Crippen molar-refractivity contribution in [2.24, 2.45) is 5.92 Å². The van der Waals surface area contributed by atoms with E-state index < -0.39 is 6.61 Å². The molecule has 1 aliphatic rings. The maximum Gasteiger partial charge on any atom is 0.387 e. The van der Waals surface area contributed by atoms with Crippen molar-refractivity contribution in [2.75, 3.05) is 31.1 Å². The summed E-state index contributed by atoms with van der Waals surface area (Å²) >= 11 is 0. The maximum absolute atomic E-state index is 12.1. The van der Waals surface area contributed by atoms with E-state index in [2.05, 4.69) is 26.9 Å². The highest BCUT2D eigenvalue weighted by Crippen LogP contribution is 2.23. The molecule has 0 amide bonds. The van der Waals surface area contributed by atoms with Crippen LogP contribution in [0.5, 0.6) is 5.75 Å². The van der Waals surface area contributed by atoms with Gasteiger partial charge in [-0.3, -0.25) is 0 Å². The molecule has 0 aliphatic carbocycles. The first-order valence-electron chi connectivity index (χ1n) is 7.05. The minimum atomic E-state index is -2.80. The van der Waals surface area contributed by atoms with Crippen molar-refractivity contribution < 1.29 is 13.5 Å².